The fraction of sp³-hybridized carbons (Fsp3) is 0.389. The Kier molecular flexibility index (Phi) is 4.84. The number of nitrogens with one attached hydrogen (secondary N) is 1. The van der Waals surface area contributed by atoms with Crippen LogP contribution in [0.25, 0.3) is 22.5 Å². The number of rotatable bonds is 5. The van der Waals surface area contributed by atoms with Gasteiger partial charge >= 0.3 is 12.2 Å². The van der Waals surface area contributed by atoms with Crippen molar-refractivity contribution in [2.24, 2.45) is 0 Å². The van der Waals surface area contributed by atoms with Gasteiger partial charge in [-0.1, -0.05) is 18.4 Å². The third kappa shape index (κ3) is 3.63. The van der Waals surface area contributed by atoms with Gasteiger partial charge in [0.1, 0.15) is 5.69 Å². The molecule has 0 aliphatic carbocycles. The highest BCUT2D eigenvalue weighted by Gasteiger charge is 2.34. The lowest BCUT2D eigenvalue weighted by Gasteiger charge is -2.13. The number of halogens is 3. The average Bonchev–Trinajstić information content (AvgIpc) is 3.03. The van der Waals surface area contributed by atoms with E-state index in [4.69, 9.17) is 4.42 Å². The highest BCUT2D eigenvalue weighted by Crippen LogP contribution is 2.37. The lowest BCUT2D eigenvalue weighted by atomic mass is 10.0. The summed E-state index contributed by atoms with van der Waals surface area (Å²) >= 11 is 0. The molecule has 1 aromatic carbocycles. The number of anilines is 1. The summed E-state index contributed by atoms with van der Waals surface area (Å²) in [7, 11) is 0. The fourth-order valence-corrected chi connectivity index (χ4v) is 2.73. The van der Waals surface area contributed by atoms with E-state index >= 15 is 0 Å². The van der Waals surface area contributed by atoms with Crippen molar-refractivity contribution < 1.29 is 17.6 Å². The molecule has 0 saturated carbocycles. The second-order valence-corrected chi connectivity index (χ2v) is 6.22. The largest absolute Gasteiger partial charge is 0.418 e. The lowest BCUT2D eigenvalue weighted by molar-refractivity contribution is -0.136. The molecule has 2 heterocycles. The van der Waals surface area contributed by atoms with Crippen LogP contribution >= 0.6 is 0 Å². The molecule has 8 heteroatoms. The van der Waals surface area contributed by atoms with Gasteiger partial charge in [-0.05, 0) is 49.6 Å². The van der Waals surface area contributed by atoms with Crippen molar-refractivity contribution in [2.45, 2.75) is 39.8 Å². The smallest absolute Gasteiger partial charge is 0.402 e. The van der Waals surface area contributed by atoms with Crippen molar-refractivity contribution in [3.8, 4) is 11.6 Å². The Morgan fingerprint density at radius 1 is 1.12 bits per heavy atom. The van der Waals surface area contributed by atoms with E-state index in [0.717, 1.165) is 18.9 Å². The third-order valence-electron chi connectivity index (χ3n) is 4.02. The van der Waals surface area contributed by atoms with Crippen LogP contribution in [0.1, 0.15) is 36.5 Å². The van der Waals surface area contributed by atoms with Crippen molar-refractivity contribution >= 4 is 16.9 Å². The molecular weight excluding hydrogens is 345 g/mol. The Morgan fingerprint density at radius 2 is 1.88 bits per heavy atom. The Morgan fingerprint density at radius 3 is 2.58 bits per heavy atom. The van der Waals surface area contributed by atoms with E-state index in [2.05, 4.69) is 27.4 Å². The van der Waals surface area contributed by atoms with Gasteiger partial charge in [-0.15, -0.1) is 5.10 Å². The normalized spacial score (nSPS) is 11.9. The van der Waals surface area contributed by atoms with E-state index in [-0.39, 0.29) is 23.1 Å². The summed E-state index contributed by atoms with van der Waals surface area (Å²) in [6, 6.07) is 4.69. The predicted octanol–water partition coefficient (Wildman–Crippen LogP) is 5.13. The standard InChI is InChI=1S/C18H19F3N4O/c1-4-5-6-22-17-25-24-16(26-17)14-9-11(3)12-7-10(2)8-13(15(12)23-14)18(19,20)21/h7-9H,4-6H2,1-3H3,(H,22,25). The monoisotopic (exact) mass is 364 g/mol. The maximum atomic E-state index is 13.4. The molecule has 0 amide bonds. The molecule has 0 radical (unpaired) electrons. The van der Waals surface area contributed by atoms with E-state index in [9.17, 15) is 13.2 Å². The Bertz CT molecular complexity index is 934. The van der Waals surface area contributed by atoms with E-state index in [1.807, 2.05) is 0 Å². The van der Waals surface area contributed by atoms with Crippen LogP contribution in [-0.4, -0.2) is 21.7 Å². The first-order chi connectivity index (χ1) is 12.3. The van der Waals surface area contributed by atoms with Crippen LogP contribution < -0.4 is 5.32 Å². The molecule has 5 nitrogen and oxygen atoms in total. The molecule has 3 aromatic rings. The van der Waals surface area contributed by atoms with Crippen LogP contribution in [0.5, 0.6) is 0 Å². The van der Waals surface area contributed by atoms with Crippen molar-refractivity contribution in [1.29, 1.82) is 0 Å². The number of fused-ring (bicyclic) bond motifs is 1. The van der Waals surface area contributed by atoms with Crippen LogP contribution in [0, 0.1) is 13.8 Å². The summed E-state index contributed by atoms with van der Waals surface area (Å²) in [6.45, 7) is 6.11. The minimum Gasteiger partial charge on any atom is -0.402 e. The number of aryl methyl sites for hydroxylation is 2. The number of unbranched alkanes of at least 4 members (excludes halogenated alkanes) is 1. The van der Waals surface area contributed by atoms with Crippen molar-refractivity contribution in [2.75, 3.05) is 11.9 Å². The summed E-state index contributed by atoms with van der Waals surface area (Å²) in [5, 5.41) is 11.2. The molecule has 3 rings (SSSR count). The number of hydrogen-bond acceptors (Lipinski definition) is 5. The molecule has 0 spiro atoms. The van der Waals surface area contributed by atoms with Crippen LogP contribution in [0.2, 0.25) is 0 Å². The number of hydrogen-bond donors (Lipinski definition) is 1. The van der Waals surface area contributed by atoms with Crippen molar-refractivity contribution in [1.82, 2.24) is 15.2 Å². The molecule has 0 aliphatic heterocycles. The quantitative estimate of drug-likeness (QED) is 0.636. The van der Waals surface area contributed by atoms with E-state index in [1.165, 1.54) is 0 Å². The number of benzene rings is 1. The van der Waals surface area contributed by atoms with Crippen LogP contribution in [0.3, 0.4) is 0 Å². The average molecular weight is 364 g/mol. The Balaban J connectivity index is 2.07. The second kappa shape index (κ2) is 6.93. The van der Waals surface area contributed by atoms with Gasteiger partial charge in [-0.2, -0.15) is 13.2 Å². The topological polar surface area (TPSA) is 63.8 Å². The molecule has 2 aromatic heterocycles. The minimum atomic E-state index is -4.50. The van der Waals surface area contributed by atoms with E-state index in [0.29, 0.717) is 23.1 Å². The van der Waals surface area contributed by atoms with Crippen molar-refractivity contribution in [3.63, 3.8) is 0 Å². The SMILES string of the molecule is CCCCNc1nnc(-c2cc(C)c3cc(C)cc(C(F)(F)F)c3n2)o1. The summed E-state index contributed by atoms with van der Waals surface area (Å²) in [5.74, 6) is 0.0858. The summed E-state index contributed by atoms with van der Waals surface area (Å²) in [4.78, 5) is 4.18. The van der Waals surface area contributed by atoms with Crippen LogP contribution in [-0.2, 0) is 6.18 Å². The minimum absolute atomic E-state index is 0.0858. The highest BCUT2D eigenvalue weighted by molar-refractivity contribution is 5.88. The van der Waals surface area contributed by atoms with Crippen LogP contribution in [0.4, 0.5) is 19.2 Å². The maximum absolute atomic E-state index is 13.4. The van der Waals surface area contributed by atoms with Gasteiger partial charge in [0.15, 0.2) is 0 Å². The predicted molar refractivity (Wildman–Crippen MR) is 92.9 cm³/mol. The number of pyridine rings is 1. The Hall–Kier alpha value is -2.64. The molecule has 138 valence electrons. The van der Waals surface area contributed by atoms with Gasteiger partial charge in [0.2, 0.25) is 0 Å². The molecule has 0 unspecified atom stereocenters. The molecule has 0 atom stereocenters. The first-order valence-corrected chi connectivity index (χ1v) is 8.36. The van der Waals surface area contributed by atoms with E-state index in [1.54, 1.807) is 26.0 Å². The van der Waals surface area contributed by atoms with Gasteiger partial charge in [-0.3, -0.25) is 0 Å². The second-order valence-electron chi connectivity index (χ2n) is 6.22. The number of aromatic nitrogens is 3. The van der Waals surface area contributed by atoms with Crippen molar-refractivity contribution in [3.05, 3.63) is 34.9 Å². The maximum Gasteiger partial charge on any atom is 0.418 e. The van der Waals surface area contributed by atoms with Crippen LogP contribution in [0.15, 0.2) is 22.6 Å². The first kappa shape index (κ1) is 18.2. The molecule has 0 saturated heterocycles. The van der Waals surface area contributed by atoms with Gasteiger partial charge in [0.25, 0.3) is 5.89 Å². The van der Waals surface area contributed by atoms with Gasteiger partial charge < -0.3 is 9.73 Å². The lowest BCUT2D eigenvalue weighted by Crippen LogP contribution is -2.08. The van der Waals surface area contributed by atoms with E-state index < -0.39 is 11.7 Å². The summed E-state index contributed by atoms with van der Waals surface area (Å²) in [6.07, 6.45) is -2.54. The van der Waals surface area contributed by atoms with Gasteiger partial charge in [0, 0.05) is 11.9 Å². The Labute approximate surface area is 148 Å². The zero-order chi connectivity index (χ0) is 18.9. The molecule has 0 fully saturated rings. The van der Waals surface area contributed by atoms with Gasteiger partial charge in [-0.25, -0.2) is 4.98 Å². The zero-order valence-electron chi connectivity index (χ0n) is 14.7. The summed E-state index contributed by atoms with van der Waals surface area (Å²) in [5.41, 5.74) is 0.538. The molecule has 0 bridgehead atoms. The molecular formula is C18H19F3N4O. The number of alkyl halides is 3. The first-order valence-electron chi connectivity index (χ1n) is 8.36. The molecule has 1 N–H and O–H groups in total. The zero-order valence-corrected chi connectivity index (χ0v) is 14.7. The number of nitrogens with zero attached hydrogens (tertiary/aromatic N) is 3. The highest BCUT2D eigenvalue weighted by atomic mass is 19.4. The van der Waals surface area contributed by atoms with Gasteiger partial charge in [0.05, 0.1) is 11.1 Å². The molecule has 0 aliphatic rings. The fourth-order valence-electron chi connectivity index (χ4n) is 2.73. The summed E-state index contributed by atoms with van der Waals surface area (Å²) < 4.78 is 45.8. The third-order valence-corrected chi connectivity index (χ3v) is 4.02. The molecule has 26 heavy (non-hydrogen) atoms.